The van der Waals surface area contributed by atoms with Crippen molar-refractivity contribution in [3.05, 3.63) is 69.8 Å². The average Bonchev–Trinajstić information content (AvgIpc) is 2.46. The number of hydrazine groups is 1. The Morgan fingerprint density at radius 1 is 1.10 bits per heavy atom. The fourth-order valence-electron chi connectivity index (χ4n) is 1.78. The molecule has 1 amide bonds. The Balaban J connectivity index is 2.14. The molecule has 0 spiro atoms. The number of nitrogens with zero attached hydrogens (tertiary/aromatic N) is 1. The number of hydrogen-bond acceptors (Lipinski definition) is 4. The van der Waals surface area contributed by atoms with E-state index in [2.05, 4.69) is 10.9 Å². The van der Waals surface area contributed by atoms with Crippen LogP contribution in [-0.4, -0.2) is 10.8 Å². The molecular weight excluding hydrogens is 258 g/mol. The van der Waals surface area contributed by atoms with Crippen molar-refractivity contribution in [2.24, 2.45) is 0 Å². The van der Waals surface area contributed by atoms with Gasteiger partial charge in [-0.2, -0.15) is 0 Å². The summed E-state index contributed by atoms with van der Waals surface area (Å²) in [4.78, 5) is 22.3. The van der Waals surface area contributed by atoms with E-state index in [0.29, 0.717) is 5.56 Å². The Morgan fingerprint density at radius 3 is 2.45 bits per heavy atom. The molecule has 102 valence electrons. The van der Waals surface area contributed by atoms with E-state index in [1.807, 2.05) is 18.2 Å². The number of nitro benzene ring substituents is 1. The Hall–Kier alpha value is -2.89. The van der Waals surface area contributed by atoms with Gasteiger partial charge in [-0.05, 0) is 25.1 Å². The molecule has 20 heavy (non-hydrogen) atoms. The van der Waals surface area contributed by atoms with Crippen molar-refractivity contribution in [1.29, 1.82) is 0 Å². The van der Waals surface area contributed by atoms with Crippen LogP contribution in [0, 0.1) is 17.0 Å². The zero-order chi connectivity index (χ0) is 14.5. The van der Waals surface area contributed by atoms with Crippen molar-refractivity contribution in [3.63, 3.8) is 0 Å². The zero-order valence-electron chi connectivity index (χ0n) is 10.8. The highest BCUT2D eigenvalue weighted by Crippen LogP contribution is 2.20. The molecule has 2 aromatic carbocycles. The Labute approximate surface area is 115 Å². The number of anilines is 1. The van der Waals surface area contributed by atoms with Crippen molar-refractivity contribution in [1.82, 2.24) is 5.43 Å². The molecule has 0 bridgehead atoms. The van der Waals surface area contributed by atoms with Gasteiger partial charge in [-0.1, -0.05) is 24.3 Å². The molecule has 2 aromatic rings. The molecule has 2 N–H and O–H groups in total. The van der Waals surface area contributed by atoms with Gasteiger partial charge in [-0.15, -0.1) is 0 Å². The van der Waals surface area contributed by atoms with E-state index in [0.717, 1.165) is 5.69 Å². The minimum atomic E-state index is -0.503. The van der Waals surface area contributed by atoms with Gasteiger partial charge >= 0.3 is 0 Å². The van der Waals surface area contributed by atoms with Crippen molar-refractivity contribution >= 4 is 17.3 Å². The smallest absolute Gasteiger partial charge is 0.273 e. The number of amides is 1. The Bertz CT molecular complexity index is 641. The predicted octanol–water partition coefficient (Wildman–Crippen LogP) is 2.66. The lowest BCUT2D eigenvalue weighted by Gasteiger charge is -2.10. The second kappa shape index (κ2) is 5.83. The van der Waals surface area contributed by atoms with E-state index in [9.17, 15) is 14.9 Å². The Kier molecular flexibility index (Phi) is 3.95. The van der Waals surface area contributed by atoms with Crippen molar-refractivity contribution < 1.29 is 9.72 Å². The molecular formula is C14H13N3O3. The third kappa shape index (κ3) is 2.92. The number of carbonyl (C=O) groups is 1. The molecule has 0 saturated carbocycles. The molecule has 0 atom stereocenters. The van der Waals surface area contributed by atoms with Crippen molar-refractivity contribution in [2.75, 3.05) is 5.43 Å². The highest BCUT2D eigenvalue weighted by atomic mass is 16.6. The maximum Gasteiger partial charge on any atom is 0.273 e. The van der Waals surface area contributed by atoms with E-state index < -0.39 is 10.8 Å². The van der Waals surface area contributed by atoms with Gasteiger partial charge in [-0.25, -0.2) is 0 Å². The Morgan fingerprint density at radius 2 is 1.80 bits per heavy atom. The predicted molar refractivity (Wildman–Crippen MR) is 75.4 cm³/mol. The van der Waals surface area contributed by atoms with Crippen LogP contribution in [-0.2, 0) is 0 Å². The lowest BCUT2D eigenvalue weighted by Crippen LogP contribution is -2.29. The van der Waals surface area contributed by atoms with Gasteiger partial charge in [0.2, 0.25) is 0 Å². The lowest BCUT2D eigenvalue weighted by atomic mass is 10.1. The fourth-order valence-corrected chi connectivity index (χ4v) is 1.78. The number of rotatable bonds is 4. The fraction of sp³-hybridized carbons (Fsp3) is 0.0714. The maximum atomic E-state index is 12.0. The minimum Gasteiger partial charge on any atom is -0.298 e. The summed E-state index contributed by atoms with van der Waals surface area (Å²) < 4.78 is 0. The standard InChI is InChI=1S/C14H13N3O3/c1-10-12(8-5-9-13(10)17(19)20)14(18)16-15-11-6-3-2-4-7-11/h2-9,15H,1H3,(H,16,18). The quantitative estimate of drug-likeness (QED) is 0.661. The third-order valence-electron chi connectivity index (χ3n) is 2.84. The van der Waals surface area contributed by atoms with Crippen molar-refractivity contribution in [2.45, 2.75) is 6.92 Å². The first-order valence-corrected chi connectivity index (χ1v) is 5.95. The van der Waals surface area contributed by atoms with Gasteiger partial charge in [0, 0.05) is 11.6 Å². The second-order valence-corrected chi connectivity index (χ2v) is 4.15. The van der Waals surface area contributed by atoms with Gasteiger partial charge in [0.25, 0.3) is 11.6 Å². The molecule has 0 aliphatic rings. The maximum absolute atomic E-state index is 12.0. The number of benzene rings is 2. The molecule has 0 radical (unpaired) electrons. The molecule has 0 saturated heterocycles. The number of nitrogens with one attached hydrogen (secondary N) is 2. The first-order chi connectivity index (χ1) is 9.59. The summed E-state index contributed by atoms with van der Waals surface area (Å²) in [6.45, 7) is 1.55. The highest BCUT2D eigenvalue weighted by Gasteiger charge is 2.17. The molecule has 0 aliphatic heterocycles. The molecule has 0 heterocycles. The monoisotopic (exact) mass is 271 g/mol. The summed E-state index contributed by atoms with van der Waals surface area (Å²) >= 11 is 0. The summed E-state index contributed by atoms with van der Waals surface area (Å²) in [6.07, 6.45) is 0. The van der Waals surface area contributed by atoms with Crippen LogP contribution in [0.2, 0.25) is 0 Å². The van der Waals surface area contributed by atoms with Gasteiger partial charge in [0.1, 0.15) is 0 Å². The van der Waals surface area contributed by atoms with E-state index in [4.69, 9.17) is 0 Å². The van der Waals surface area contributed by atoms with Crippen molar-refractivity contribution in [3.8, 4) is 0 Å². The van der Waals surface area contributed by atoms with Crippen LogP contribution in [0.25, 0.3) is 0 Å². The molecule has 2 rings (SSSR count). The summed E-state index contributed by atoms with van der Waals surface area (Å²) in [7, 11) is 0. The normalized spacial score (nSPS) is 9.85. The summed E-state index contributed by atoms with van der Waals surface area (Å²) in [5, 5.41) is 10.8. The summed E-state index contributed by atoms with van der Waals surface area (Å²) in [5.74, 6) is -0.421. The van der Waals surface area contributed by atoms with Crippen LogP contribution in [0.1, 0.15) is 15.9 Å². The van der Waals surface area contributed by atoms with Gasteiger partial charge in [0.15, 0.2) is 0 Å². The van der Waals surface area contributed by atoms with E-state index in [1.54, 1.807) is 25.1 Å². The van der Waals surface area contributed by atoms with Crippen LogP contribution < -0.4 is 10.9 Å². The second-order valence-electron chi connectivity index (χ2n) is 4.15. The average molecular weight is 271 g/mol. The van der Waals surface area contributed by atoms with Gasteiger partial charge in [0.05, 0.1) is 16.2 Å². The number of hydrogen-bond donors (Lipinski definition) is 2. The summed E-state index contributed by atoms with van der Waals surface area (Å²) in [6, 6.07) is 13.5. The van der Waals surface area contributed by atoms with E-state index in [-0.39, 0.29) is 11.3 Å². The zero-order valence-corrected chi connectivity index (χ0v) is 10.8. The van der Waals surface area contributed by atoms with Crippen LogP contribution in [0.15, 0.2) is 48.5 Å². The van der Waals surface area contributed by atoms with Crippen LogP contribution >= 0.6 is 0 Å². The number of para-hydroxylation sites is 1. The SMILES string of the molecule is Cc1c(C(=O)NNc2ccccc2)cccc1[N+](=O)[O-]. The highest BCUT2D eigenvalue weighted by molar-refractivity contribution is 5.97. The van der Waals surface area contributed by atoms with E-state index >= 15 is 0 Å². The largest absolute Gasteiger partial charge is 0.298 e. The lowest BCUT2D eigenvalue weighted by molar-refractivity contribution is -0.385. The first-order valence-electron chi connectivity index (χ1n) is 5.95. The van der Waals surface area contributed by atoms with E-state index in [1.165, 1.54) is 12.1 Å². The minimum absolute atomic E-state index is 0.0719. The number of carbonyl (C=O) groups excluding carboxylic acids is 1. The first kappa shape index (κ1) is 13.5. The topological polar surface area (TPSA) is 84.3 Å². The molecule has 6 nitrogen and oxygen atoms in total. The molecule has 0 fully saturated rings. The van der Waals surface area contributed by atoms with Crippen LogP contribution in [0.3, 0.4) is 0 Å². The summed E-state index contributed by atoms with van der Waals surface area (Å²) in [5.41, 5.74) is 6.52. The van der Waals surface area contributed by atoms with Gasteiger partial charge in [-0.3, -0.25) is 25.8 Å². The molecule has 0 unspecified atom stereocenters. The van der Waals surface area contributed by atoms with Gasteiger partial charge < -0.3 is 0 Å². The third-order valence-corrected chi connectivity index (χ3v) is 2.84. The number of nitro groups is 1. The molecule has 0 aliphatic carbocycles. The van der Waals surface area contributed by atoms with Crippen LogP contribution in [0.5, 0.6) is 0 Å². The molecule has 6 heteroatoms. The molecule has 0 aromatic heterocycles. The van der Waals surface area contributed by atoms with Crippen LogP contribution in [0.4, 0.5) is 11.4 Å².